The van der Waals surface area contributed by atoms with Crippen molar-refractivity contribution in [2.45, 2.75) is 12.8 Å². The van der Waals surface area contributed by atoms with Crippen molar-refractivity contribution in [2.75, 3.05) is 7.11 Å². The minimum atomic E-state index is -0.805. The van der Waals surface area contributed by atoms with Crippen molar-refractivity contribution in [3.63, 3.8) is 0 Å². The van der Waals surface area contributed by atoms with Crippen LogP contribution in [-0.4, -0.2) is 22.3 Å². The Morgan fingerprint density at radius 1 is 1.04 bits per heavy atom. The number of methoxy groups -OCH3 is 1. The zero-order valence-electron chi connectivity index (χ0n) is 12.5. The third kappa shape index (κ3) is 3.21. The van der Waals surface area contributed by atoms with Crippen LogP contribution in [0, 0.1) is 11.6 Å². The highest BCUT2D eigenvalue weighted by Crippen LogP contribution is 2.29. The van der Waals surface area contributed by atoms with Gasteiger partial charge >= 0.3 is 0 Å². The molecule has 0 fully saturated rings. The fourth-order valence-corrected chi connectivity index (χ4v) is 2.33. The lowest BCUT2D eigenvalue weighted by Crippen LogP contribution is -1.96. The number of aryl methyl sites for hydroxylation is 2. The van der Waals surface area contributed by atoms with Crippen molar-refractivity contribution < 1.29 is 13.5 Å². The molecule has 3 aromatic rings. The van der Waals surface area contributed by atoms with Crippen LogP contribution in [0.4, 0.5) is 8.78 Å². The van der Waals surface area contributed by atoms with Gasteiger partial charge in [-0.15, -0.1) is 0 Å². The maximum Gasteiger partial charge on any atom is 0.191 e. The minimum Gasteiger partial charge on any atom is -0.491 e. The van der Waals surface area contributed by atoms with E-state index in [2.05, 4.69) is 15.2 Å². The van der Waals surface area contributed by atoms with Gasteiger partial charge in [0.15, 0.2) is 23.2 Å². The van der Waals surface area contributed by atoms with E-state index >= 15 is 0 Å². The van der Waals surface area contributed by atoms with Gasteiger partial charge in [0.25, 0.3) is 0 Å². The first-order chi connectivity index (χ1) is 11.2. The topological polar surface area (TPSA) is 50.8 Å². The molecule has 2 aromatic carbocycles. The molecule has 1 heterocycles. The lowest BCUT2D eigenvalue weighted by Gasteiger charge is -2.05. The second-order valence-corrected chi connectivity index (χ2v) is 5.03. The average Bonchev–Trinajstić information content (AvgIpc) is 3.03. The van der Waals surface area contributed by atoms with E-state index in [1.165, 1.54) is 18.7 Å². The van der Waals surface area contributed by atoms with Gasteiger partial charge in [-0.3, -0.25) is 5.10 Å². The smallest absolute Gasteiger partial charge is 0.191 e. The van der Waals surface area contributed by atoms with Crippen molar-refractivity contribution >= 4 is 0 Å². The van der Waals surface area contributed by atoms with Crippen molar-refractivity contribution in [1.29, 1.82) is 0 Å². The van der Waals surface area contributed by atoms with Gasteiger partial charge in [-0.05, 0) is 24.1 Å². The lowest BCUT2D eigenvalue weighted by molar-refractivity contribution is 0.360. The van der Waals surface area contributed by atoms with Crippen LogP contribution in [0.15, 0.2) is 42.5 Å². The van der Waals surface area contributed by atoms with E-state index in [0.717, 1.165) is 12.5 Å². The summed E-state index contributed by atoms with van der Waals surface area (Å²) in [5.74, 6) is -1.16. The molecule has 0 amide bonds. The molecule has 0 unspecified atom stereocenters. The van der Waals surface area contributed by atoms with Crippen molar-refractivity contribution in [3.8, 4) is 17.1 Å². The predicted molar refractivity (Wildman–Crippen MR) is 82.1 cm³/mol. The molecule has 0 bridgehead atoms. The minimum absolute atomic E-state index is 0.102. The highest BCUT2D eigenvalue weighted by atomic mass is 19.1. The van der Waals surface area contributed by atoms with Crippen LogP contribution in [0.2, 0.25) is 0 Å². The summed E-state index contributed by atoms with van der Waals surface area (Å²) < 4.78 is 32.4. The van der Waals surface area contributed by atoms with E-state index in [1.807, 2.05) is 30.3 Å². The molecule has 23 heavy (non-hydrogen) atoms. The Labute approximate surface area is 132 Å². The van der Waals surface area contributed by atoms with Crippen LogP contribution in [0.1, 0.15) is 11.4 Å². The van der Waals surface area contributed by atoms with Crippen molar-refractivity contribution in [1.82, 2.24) is 15.2 Å². The number of aromatic nitrogens is 3. The van der Waals surface area contributed by atoms with Gasteiger partial charge in [-0.25, -0.2) is 13.8 Å². The highest BCUT2D eigenvalue weighted by Gasteiger charge is 2.18. The second kappa shape index (κ2) is 6.56. The second-order valence-electron chi connectivity index (χ2n) is 5.03. The first kappa shape index (κ1) is 15.1. The summed E-state index contributed by atoms with van der Waals surface area (Å²) in [6.07, 6.45) is 1.45. The summed E-state index contributed by atoms with van der Waals surface area (Å²) in [6.45, 7) is 0. The summed E-state index contributed by atoms with van der Waals surface area (Å²) in [6, 6.07) is 12.4. The Balaban J connectivity index is 1.80. The standard InChI is InChI=1S/C17H15F2N3O/c1-23-16-13(18)9-8-12(15(16)19)17-20-14(21-22-17)10-7-11-5-3-2-4-6-11/h2-6,8-9H,7,10H2,1H3,(H,20,21,22). The molecule has 0 aliphatic carbocycles. The third-order valence-electron chi connectivity index (χ3n) is 3.52. The van der Waals surface area contributed by atoms with E-state index in [-0.39, 0.29) is 11.4 Å². The molecule has 6 heteroatoms. The number of hydrogen-bond acceptors (Lipinski definition) is 3. The number of benzene rings is 2. The van der Waals surface area contributed by atoms with Gasteiger partial charge in [0, 0.05) is 6.42 Å². The van der Waals surface area contributed by atoms with Gasteiger partial charge in [0.2, 0.25) is 0 Å². The zero-order valence-corrected chi connectivity index (χ0v) is 12.5. The molecule has 0 atom stereocenters. The fraction of sp³-hybridized carbons (Fsp3) is 0.176. The molecular weight excluding hydrogens is 300 g/mol. The van der Waals surface area contributed by atoms with Gasteiger partial charge < -0.3 is 4.74 Å². The molecular formula is C17H15F2N3O. The van der Waals surface area contributed by atoms with Crippen LogP contribution >= 0.6 is 0 Å². The van der Waals surface area contributed by atoms with Crippen molar-refractivity contribution in [3.05, 3.63) is 65.5 Å². The number of hydrogen-bond donors (Lipinski definition) is 1. The Morgan fingerprint density at radius 2 is 1.83 bits per heavy atom. The molecule has 118 valence electrons. The Bertz CT molecular complexity index is 803. The lowest BCUT2D eigenvalue weighted by atomic mass is 10.1. The molecule has 4 nitrogen and oxygen atoms in total. The number of rotatable bonds is 5. The van der Waals surface area contributed by atoms with Crippen LogP contribution in [0.5, 0.6) is 5.75 Å². The molecule has 0 radical (unpaired) electrons. The molecule has 0 aliphatic heterocycles. The summed E-state index contributed by atoms with van der Waals surface area (Å²) in [4.78, 5) is 4.28. The van der Waals surface area contributed by atoms with Crippen molar-refractivity contribution in [2.24, 2.45) is 0 Å². The van der Waals surface area contributed by atoms with Crippen LogP contribution < -0.4 is 4.74 Å². The number of nitrogens with one attached hydrogen (secondary N) is 1. The van der Waals surface area contributed by atoms with Gasteiger partial charge in [-0.2, -0.15) is 5.10 Å². The number of halogens is 2. The first-order valence-electron chi connectivity index (χ1n) is 7.16. The van der Waals surface area contributed by atoms with E-state index < -0.39 is 17.4 Å². The normalized spacial score (nSPS) is 10.7. The third-order valence-corrected chi connectivity index (χ3v) is 3.52. The number of H-pyrrole nitrogens is 1. The summed E-state index contributed by atoms with van der Waals surface area (Å²) in [7, 11) is 1.22. The van der Waals surface area contributed by atoms with Gasteiger partial charge in [0.05, 0.1) is 12.7 Å². The van der Waals surface area contributed by atoms with E-state index in [0.29, 0.717) is 12.2 Å². The van der Waals surface area contributed by atoms with E-state index in [1.54, 1.807) is 0 Å². The maximum atomic E-state index is 14.2. The number of ether oxygens (including phenoxy) is 1. The molecule has 3 rings (SSSR count). The van der Waals surface area contributed by atoms with Crippen LogP contribution in [0.25, 0.3) is 11.4 Å². The molecule has 1 N–H and O–H groups in total. The Kier molecular flexibility index (Phi) is 4.32. The predicted octanol–water partition coefficient (Wildman–Crippen LogP) is 3.54. The molecule has 0 saturated heterocycles. The summed E-state index contributed by atoms with van der Waals surface area (Å²) in [5.41, 5.74) is 1.28. The molecule has 1 aromatic heterocycles. The zero-order chi connectivity index (χ0) is 16.2. The Hall–Kier alpha value is -2.76. The van der Waals surface area contributed by atoms with Gasteiger partial charge in [-0.1, -0.05) is 30.3 Å². The first-order valence-corrected chi connectivity index (χ1v) is 7.16. The van der Waals surface area contributed by atoms with Crippen LogP contribution in [0.3, 0.4) is 0 Å². The average molecular weight is 315 g/mol. The van der Waals surface area contributed by atoms with E-state index in [9.17, 15) is 8.78 Å². The summed E-state index contributed by atoms with van der Waals surface area (Å²) >= 11 is 0. The monoisotopic (exact) mass is 315 g/mol. The molecule has 0 aliphatic rings. The number of aromatic amines is 1. The van der Waals surface area contributed by atoms with Crippen LogP contribution in [-0.2, 0) is 12.8 Å². The fourth-order valence-electron chi connectivity index (χ4n) is 2.33. The molecule has 0 saturated carbocycles. The molecule has 0 spiro atoms. The summed E-state index contributed by atoms with van der Waals surface area (Å²) in [5, 5.41) is 6.80. The largest absolute Gasteiger partial charge is 0.491 e. The van der Waals surface area contributed by atoms with Gasteiger partial charge in [0.1, 0.15) is 5.82 Å². The number of nitrogens with zero attached hydrogens (tertiary/aromatic N) is 2. The van der Waals surface area contributed by atoms with E-state index in [4.69, 9.17) is 4.74 Å². The maximum absolute atomic E-state index is 14.2. The quantitative estimate of drug-likeness (QED) is 0.783. The highest BCUT2D eigenvalue weighted by molar-refractivity contribution is 5.58. The Morgan fingerprint density at radius 3 is 2.57 bits per heavy atom. The SMILES string of the molecule is COc1c(F)ccc(-c2n[nH]c(CCc3ccccc3)n2)c1F.